The molecule has 1 amide bonds. The highest BCUT2D eigenvalue weighted by Crippen LogP contribution is 2.39. The van der Waals surface area contributed by atoms with Crippen molar-refractivity contribution in [1.29, 1.82) is 0 Å². The van der Waals surface area contributed by atoms with Crippen molar-refractivity contribution in [3.63, 3.8) is 0 Å². The van der Waals surface area contributed by atoms with Gasteiger partial charge in [0.25, 0.3) is 5.91 Å². The van der Waals surface area contributed by atoms with Crippen LogP contribution in [0.4, 0.5) is 4.39 Å². The lowest BCUT2D eigenvalue weighted by Gasteiger charge is -2.47. The SMILES string of the molecule is C[C@@H]1CCN(C(=O)c2ccc(Br)cc2F)[C@H]2CCCC[C@@H]12. The number of halogens is 2. The van der Waals surface area contributed by atoms with E-state index in [1.165, 1.54) is 25.3 Å². The molecule has 4 heteroatoms. The van der Waals surface area contributed by atoms with Crippen LogP contribution in [0.25, 0.3) is 0 Å². The first-order chi connectivity index (χ1) is 10.1. The molecule has 0 aromatic heterocycles. The zero-order valence-corrected chi connectivity index (χ0v) is 13.9. The first kappa shape index (κ1) is 15.0. The first-order valence-electron chi connectivity index (χ1n) is 7.84. The van der Waals surface area contributed by atoms with Crippen molar-refractivity contribution >= 4 is 21.8 Å². The Balaban J connectivity index is 1.86. The minimum Gasteiger partial charge on any atom is -0.335 e. The first-order valence-corrected chi connectivity index (χ1v) is 8.63. The van der Waals surface area contributed by atoms with Crippen LogP contribution < -0.4 is 0 Å². The normalized spacial score (nSPS) is 29.1. The summed E-state index contributed by atoms with van der Waals surface area (Å²) in [6.07, 6.45) is 5.75. The molecule has 0 bridgehead atoms. The molecule has 0 unspecified atom stereocenters. The van der Waals surface area contributed by atoms with Gasteiger partial charge in [0.05, 0.1) is 5.56 Å². The molecule has 2 nitrogen and oxygen atoms in total. The second-order valence-corrected chi connectivity index (χ2v) is 7.32. The number of hydrogen-bond donors (Lipinski definition) is 0. The largest absolute Gasteiger partial charge is 0.335 e. The molecule has 2 aliphatic rings. The molecule has 0 spiro atoms. The van der Waals surface area contributed by atoms with Gasteiger partial charge in [-0.05, 0) is 49.3 Å². The Kier molecular flexibility index (Phi) is 4.34. The van der Waals surface area contributed by atoms with Gasteiger partial charge in [0.1, 0.15) is 5.82 Å². The number of rotatable bonds is 1. The van der Waals surface area contributed by atoms with Crippen molar-refractivity contribution < 1.29 is 9.18 Å². The van der Waals surface area contributed by atoms with E-state index in [9.17, 15) is 9.18 Å². The molecule has 1 aromatic carbocycles. The van der Waals surface area contributed by atoms with E-state index in [2.05, 4.69) is 22.9 Å². The van der Waals surface area contributed by atoms with E-state index in [4.69, 9.17) is 0 Å². The second kappa shape index (κ2) is 6.07. The molecule has 0 N–H and O–H groups in total. The highest BCUT2D eigenvalue weighted by atomic mass is 79.9. The monoisotopic (exact) mass is 353 g/mol. The molecule has 0 radical (unpaired) electrons. The van der Waals surface area contributed by atoms with E-state index in [0.717, 1.165) is 19.4 Å². The molecular weight excluding hydrogens is 333 g/mol. The topological polar surface area (TPSA) is 20.3 Å². The predicted octanol–water partition coefficient (Wildman–Crippen LogP) is 4.63. The summed E-state index contributed by atoms with van der Waals surface area (Å²) in [7, 11) is 0. The van der Waals surface area contributed by atoms with E-state index in [1.807, 2.05) is 4.90 Å². The molecule has 3 atom stereocenters. The number of likely N-dealkylation sites (tertiary alicyclic amines) is 1. The lowest BCUT2D eigenvalue weighted by molar-refractivity contribution is 0.0214. The predicted molar refractivity (Wildman–Crippen MR) is 84.7 cm³/mol. The van der Waals surface area contributed by atoms with Crippen LogP contribution in [0.3, 0.4) is 0 Å². The van der Waals surface area contributed by atoms with Gasteiger partial charge >= 0.3 is 0 Å². The lowest BCUT2D eigenvalue weighted by Crippen LogP contribution is -2.52. The number of benzene rings is 1. The number of carbonyl (C=O) groups excluding carboxylic acids is 1. The van der Waals surface area contributed by atoms with Crippen LogP contribution in [0.2, 0.25) is 0 Å². The number of fused-ring (bicyclic) bond motifs is 1. The molecule has 1 aliphatic heterocycles. The second-order valence-electron chi connectivity index (χ2n) is 6.40. The number of hydrogen-bond acceptors (Lipinski definition) is 1. The van der Waals surface area contributed by atoms with E-state index >= 15 is 0 Å². The van der Waals surface area contributed by atoms with Gasteiger partial charge in [-0.3, -0.25) is 4.79 Å². The minimum absolute atomic E-state index is 0.135. The third-order valence-electron chi connectivity index (χ3n) is 5.16. The number of carbonyl (C=O) groups is 1. The van der Waals surface area contributed by atoms with Crippen molar-refractivity contribution in [3.05, 3.63) is 34.1 Å². The number of piperidine rings is 1. The maximum atomic E-state index is 14.1. The van der Waals surface area contributed by atoms with Gasteiger partial charge in [0.15, 0.2) is 0 Å². The zero-order valence-electron chi connectivity index (χ0n) is 12.3. The third-order valence-corrected chi connectivity index (χ3v) is 5.65. The Morgan fingerprint density at radius 2 is 2.05 bits per heavy atom. The van der Waals surface area contributed by atoms with E-state index < -0.39 is 5.82 Å². The van der Waals surface area contributed by atoms with Crippen LogP contribution in [-0.4, -0.2) is 23.4 Å². The maximum Gasteiger partial charge on any atom is 0.257 e. The van der Waals surface area contributed by atoms with Gasteiger partial charge in [-0.25, -0.2) is 4.39 Å². The summed E-state index contributed by atoms with van der Waals surface area (Å²) in [5.74, 6) is 0.702. The van der Waals surface area contributed by atoms with Gasteiger partial charge in [-0.2, -0.15) is 0 Å². The van der Waals surface area contributed by atoms with Gasteiger partial charge in [-0.1, -0.05) is 35.7 Å². The standard InChI is InChI=1S/C17H21BrFNO/c1-11-8-9-20(16-5-3-2-4-13(11)16)17(21)14-7-6-12(18)10-15(14)19/h6-7,10-11,13,16H,2-5,8-9H2,1H3/t11-,13+,16+/m1/s1. The fraction of sp³-hybridized carbons (Fsp3) is 0.588. The summed E-state index contributed by atoms with van der Waals surface area (Å²) in [5, 5.41) is 0. The van der Waals surface area contributed by atoms with Crippen LogP contribution in [0.5, 0.6) is 0 Å². The molecule has 1 aromatic rings. The van der Waals surface area contributed by atoms with Gasteiger partial charge in [0, 0.05) is 17.1 Å². The van der Waals surface area contributed by atoms with Gasteiger partial charge < -0.3 is 4.90 Å². The summed E-state index contributed by atoms with van der Waals surface area (Å²) in [6, 6.07) is 5.01. The molecule has 1 saturated heterocycles. The van der Waals surface area contributed by atoms with E-state index in [-0.39, 0.29) is 11.5 Å². The molecule has 3 rings (SSSR count). The maximum absolute atomic E-state index is 14.1. The summed E-state index contributed by atoms with van der Waals surface area (Å²) in [4.78, 5) is 14.7. The van der Waals surface area contributed by atoms with Crippen molar-refractivity contribution in [1.82, 2.24) is 4.90 Å². The van der Waals surface area contributed by atoms with Crippen molar-refractivity contribution in [2.45, 2.75) is 45.1 Å². The van der Waals surface area contributed by atoms with Crippen LogP contribution in [0.15, 0.2) is 22.7 Å². The number of nitrogens with zero attached hydrogens (tertiary/aromatic N) is 1. The van der Waals surface area contributed by atoms with Crippen LogP contribution in [0.1, 0.15) is 49.4 Å². The smallest absolute Gasteiger partial charge is 0.257 e. The Morgan fingerprint density at radius 3 is 2.81 bits per heavy atom. The summed E-state index contributed by atoms with van der Waals surface area (Å²) in [6.45, 7) is 3.06. The highest BCUT2D eigenvalue weighted by molar-refractivity contribution is 9.10. The molecule has 1 aliphatic carbocycles. The van der Waals surface area contributed by atoms with Crippen molar-refractivity contribution in [2.24, 2.45) is 11.8 Å². The highest BCUT2D eigenvalue weighted by Gasteiger charge is 2.39. The minimum atomic E-state index is -0.430. The van der Waals surface area contributed by atoms with E-state index in [1.54, 1.807) is 12.1 Å². The van der Waals surface area contributed by atoms with Crippen molar-refractivity contribution in [2.75, 3.05) is 6.54 Å². The molecular formula is C17H21BrFNO. The van der Waals surface area contributed by atoms with Crippen LogP contribution >= 0.6 is 15.9 Å². The average molecular weight is 354 g/mol. The molecule has 2 fully saturated rings. The third kappa shape index (κ3) is 2.87. The van der Waals surface area contributed by atoms with Crippen LogP contribution in [0, 0.1) is 17.7 Å². The Labute approximate surface area is 133 Å². The molecule has 1 heterocycles. The lowest BCUT2D eigenvalue weighted by atomic mass is 9.72. The number of amides is 1. The van der Waals surface area contributed by atoms with Crippen molar-refractivity contribution in [3.8, 4) is 0 Å². The zero-order chi connectivity index (χ0) is 15.0. The van der Waals surface area contributed by atoms with Gasteiger partial charge in [0.2, 0.25) is 0 Å². The molecule has 21 heavy (non-hydrogen) atoms. The fourth-order valence-electron chi connectivity index (χ4n) is 3.98. The fourth-order valence-corrected chi connectivity index (χ4v) is 4.32. The van der Waals surface area contributed by atoms with Gasteiger partial charge in [-0.15, -0.1) is 0 Å². The summed E-state index contributed by atoms with van der Waals surface area (Å²) in [5.41, 5.74) is 0.206. The molecule has 114 valence electrons. The quantitative estimate of drug-likeness (QED) is 0.720. The molecule has 1 saturated carbocycles. The summed E-state index contributed by atoms with van der Waals surface area (Å²) < 4.78 is 14.7. The summed E-state index contributed by atoms with van der Waals surface area (Å²) >= 11 is 3.24. The Morgan fingerprint density at radius 1 is 1.29 bits per heavy atom. The Bertz CT molecular complexity index is 548. The van der Waals surface area contributed by atoms with E-state index in [0.29, 0.717) is 22.4 Å². The van der Waals surface area contributed by atoms with Crippen LogP contribution in [-0.2, 0) is 0 Å². The Hall–Kier alpha value is -0.900. The average Bonchev–Trinajstić information content (AvgIpc) is 2.47.